The van der Waals surface area contributed by atoms with Gasteiger partial charge in [-0.1, -0.05) is 26.2 Å². The van der Waals surface area contributed by atoms with Gasteiger partial charge in [-0.3, -0.25) is 0 Å². The van der Waals surface area contributed by atoms with Crippen LogP contribution in [0.5, 0.6) is 0 Å². The van der Waals surface area contributed by atoms with Crippen molar-refractivity contribution < 1.29 is 9.16 Å². The fraction of sp³-hybridized carbons (Fsp3) is 0.846. The van der Waals surface area contributed by atoms with Crippen molar-refractivity contribution in [1.29, 1.82) is 0 Å². The Hall–Kier alpha value is -0.443. The van der Waals surface area contributed by atoms with Crippen LogP contribution in [0.3, 0.4) is 0 Å². The van der Waals surface area contributed by atoms with Crippen molar-refractivity contribution in [3.05, 3.63) is 12.0 Å². The largest absolute Gasteiger partial charge is 0.520 e. The standard InChI is InChI=1S/C13H28O2Si/c1-6-8-9-10-11-12-13(14-7-2)15-16(3,4)5/h12H,6-11H2,1-5H3/b13-12-. The van der Waals surface area contributed by atoms with Gasteiger partial charge >= 0.3 is 0 Å². The van der Waals surface area contributed by atoms with E-state index in [4.69, 9.17) is 9.16 Å². The summed E-state index contributed by atoms with van der Waals surface area (Å²) >= 11 is 0. The molecule has 96 valence electrons. The molecule has 2 nitrogen and oxygen atoms in total. The summed E-state index contributed by atoms with van der Waals surface area (Å²) < 4.78 is 11.4. The van der Waals surface area contributed by atoms with E-state index in [0.29, 0.717) is 6.61 Å². The van der Waals surface area contributed by atoms with Gasteiger partial charge in [-0.25, -0.2) is 0 Å². The number of hydrogen-bond donors (Lipinski definition) is 0. The lowest BCUT2D eigenvalue weighted by Gasteiger charge is -2.21. The average Bonchev–Trinajstić information content (AvgIpc) is 2.15. The zero-order valence-electron chi connectivity index (χ0n) is 11.6. The van der Waals surface area contributed by atoms with E-state index in [9.17, 15) is 0 Å². The summed E-state index contributed by atoms with van der Waals surface area (Å²) in [5.41, 5.74) is 0. The number of ether oxygens (including phenoxy) is 1. The quantitative estimate of drug-likeness (QED) is 0.333. The molecule has 0 heterocycles. The first kappa shape index (κ1) is 15.6. The molecule has 0 bridgehead atoms. The van der Waals surface area contributed by atoms with Crippen LogP contribution in [0.25, 0.3) is 0 Å². The smallest absolute Gasteiger partial charge is 0.261 e. The molecule has 0 aliphatic rings. The maximum absolute atomic E-state index is 5.86. The molecule has 0 aliphatic carbocycles. The topological polar surface area (TPSA) is 18.5 Å². The number of rotatable bonds is 9. The van der Waals surface area contributed by atoms with Gasteiger partial charge in [-0.2, -0.15) is 0 Å². The molecule has 0 aromatic heterocycles. The van der Waals surface area contributed by atoms with Gasteiger partial charge in [0.05, 0.1) is 6.61 Å². The van der Waals surface area contributed by atoms with Crippen LogP contribution in [0, 0.1) is 0 Å². The molecular weight excluding hydrogens is 216 g/mol. The van der Waals surface area contributed by atoms with Gasteiger partial charge in [0.15, 0.2) is 0 Å². The Bertz CT molecular complexity index is 195. The molecule has 0 aliphatic heterocycles. The van der Waals surface area contributed by atoms with Crippen molar-refractivity contribution >= 4 is 8.32 Å². The van der Waals surface area contributed by atoms with Crippen LogP contribution in [0.4, 0.5) is 0 Å². The van der Waals surface area contributed by atoms with E-state index in [0.717, 1.165) is 12.4 Å². The molecule has 0 aromatic rings. The lowest BCUT2D eigenvalue weighted by atomic mass is 10.1. The minimum Gasteiger partial charge on any atom is -0.520 e. The van der Waals surface area contributed by atoms with Crippen LogP contribution >= 0.6 is 0 Å². The SMILES string of the molecule is CCCCCC/C=C(/OCC)O[Si](C)(C)C. The number of allylic oxidation sites excluding steroid dienone is 1. The van der Waals surface area contributed by atoms with Crippen LogP contribution in [0.1, 0.15) is 46.0 Å². The van der Waals surface area contributed by atoms with Crippen molar-refractivity contribution in [3.8, 4) is 0 Å². The molecule has 3 heteroatoms. The second-order valence-corrected chi connectivity index (χ2v) is 9.45. The van der Waals surface area contributed by atoms with Crippen molar-refractivity contribution in [2.24, 2.45) is 0 Å². The second kappa shape index (κ2) is 8.68. The molecular formula is C13H28O2Si. The summed E-state index contributed by atoms with van der Waals surface area (Å²) in [5.74, 6) is 0.748. The van der Waals surface area contributed by atoms with Gasteiger partial charge in [-0.15, -0.1) is 0 Å². The molecule has 0 atom stereocenters. The van der Waals surface area contributed by atoms with Crippen molar-refractivity contribution in [2.45, 2.75) is 65.6 Å². The third-order valence-corrected chi connectivity index (χ3v) is 2.88. The maximum atomic E-state index is 5.86. The predicted molar refractivity (Wildman–Crippen MR) is 72.9 cm³/mol. The fourth-order valence-electron chi connectivity index (χ4n) is 1.37. The molecule has 0 amide bonds. The Morgan fingerprint density at radius 1 is 1.06 bits per heavy atom. The second-order valence-electron chi connectivity index (χ2n) is 5.02. The lowest BCUT2D eigenvalue weighted by molar-refractivity contribution is 0.111. The molecule has 0 aromatic carbocycles. The van der Waals surface area contributed by atoms with Crippen LogP contribution in [0.15, 0.2) is 12.0 Å². The van der Waals surface area contributed by atoms with Crippen LogP contribution in [-0.4, -0.2) is 14.9 Å². The van der Waals surface area contributed by atoms with Gasteiger partial charge in [0.25, 0.3) is 5.95 Å². The maximum Gasteiger partial charge on any atom is 0.261 e. The molecule has 0 unspecified atom stereocenters. The highest BCUT2D eigenvalue weighted by Crippen LogP contribution is 2.13. The minimum atomic E-state index is -1.53. The summed E-state index contributed by atoms with van der Waals surface area (Å²) in [7, 11) is -1.53. The Kier molecular flexibility index (Phi) is 8.44. The molecule has 0 saturated carbocycles. The van der Waals surface area contributed by atoms with Gasteiger partial charge in [0, 0.05) is 0 Å². The van der Waals surface area contributed by atoms with E-state index >= 15 is 0 Å². The van der Waals surface area contributed by atoms with Crippen LogP contribution in [0.2, 0.25) is 19.6 Å². The van der Waals surface area contributed by atoms with Crippen molar-refractivity contribution in [2.75, 3.05) is 6.61 Å². The van der Waals surface area contributed by atoms with Crippen molar-refractivity contribution in [1.82, 2.24) is 0 Å². The first-order chi connectivity index (χ1) is 7.49. The number of hydrogen-bond acceptors (Lipinski definition) is 2. The van der Waals surface area contributed by atoms with E-state index in [1.54, 1.807) is 0 Å². The van der Waals surface area contributed by atoms with Gasteiger partial charge < -0.3 is 9.16 Å². The first-order valence-electron chi connectivity index (χ1n) is 6.51. The van der Waals surface area contributed by atoms with Gasteiger partial charge in [-0.05, 0) is 45.5 Å². The molecule has 0 radical (unpaired) electrons. The van der Waals surface area contributed by atoms with E-state index < -0.39 is 8.32 Å². The predicted octanol–water partition coefficient (Wildman–Crippen LogP) is 4.69. The third-order valence-electron chi connectivity index (χ3n) is 2.06. The van der Waals surface area contributed by atoms with Crippen LogP contribution < -0.4 is 0 Å². The summed E-state index contributed by atoms with van der Waals surface area (Å²) in [6.45, 7) is 11.4. The summed E-state index contributed by atoms with van der Waals surface area (Å²) in [4.78, 5) is 0. The van der Waals surface area contributed by atoms with E-state index in [-0.39, 0.29) is 0 Å². The van der Waals surface area contributed by atoms with Gasteiger partial charge in [0.1, 0.15) is 0 Å². The Morgan fingerprint density at radius 2 is 1.75 bits per heavy atom. The van der Waals surface area contributed by atoms with E-state index in [1.165, 1.54) is 25.7 Å². The fourth-order valence-corrected chi connectivity index (χ4v) is 2.11. The summed E-state index contributed by atoms with van der Waals surface area (Å²) in [6.07, 6.45) is 8.33. The lowest BCUT2D eigenvalue weighted by Crippen LogP contribution is -2.25. The molecule has 0 saturated heterocycles. The zero-order valence-corrected chi connectivity index (χ0v) is 12.6. The monoisotopic (exact) mass is 244 g/mol. The summed E-state index contributed by atoms with van der Waals surface area (Å²) in [6, 6.07) is 0. The molecule has 0 spiro atoms. The van der Waals surface area contributed by atoms with E-state index in [1.807, 2.05) is 6.92 Å². The van der Waals surface area contributed by atoms with E-state index in [2.05, 4.69) is 32.6 Å². The highest BCUT2D eigenvalue weighted by molar-refractivity contribution is 6.69. The van der Waals surface area contributed by atoms with Gasteiger partial charge in [0.2, 0.25) is 8.32 Å². The highest BCUT2D eigenvalue weighted by atomic mass is 28.4. The minimum absolute atomic E-state index is 0.686. The Labute approximate surface area is 102 Å². The third kappa shape index (κ3) is 10.1. The highest BCUT2D eigenvalue weighted by Gasteiger charge is 2.18. The molecule has 0 rings (SSSR count). The normalized spacial score (nSPS) is 12.7. The Balaban J connectivity index is 3.94. The van der Waals surface area contributed by atoms with Crippen LogP contribution in [-0.2, 0) is 9.16 Å². The average molecular weight is 244 g/mol. The number of unbranched alkanes of at least 4 members (excludes halogenated alkanes) is 4. The van der Waals surface area contributed by atoms with Crippen molar-refractivity contribution in [3.63, 3.8) is 0 Å². The molecule has 0 fully saturated rings. The Morgan fingerprint density at radius 3 is 2.25 bits per heavy atom. The molecule has 16 heavy (non-hydrogen) atoms. The summed E-state index contributed by atoms with van der Waals surface area (Å²) in [5, 5.41) is 0. The first-order valence-corrected chi connectivity index (χ1v) is 9.92. The zero-order chi connectivity index (χ0) is 12.4. The molecule has 0 N–H and O–H groups in total.